The van der Waals surface area contributed by atoms with Crippen LogP contribution in [0.5, 0.6) is 0 Å². The molecule has 2 rings (SSSR count). The van der Waals surface area contributed by atoms with Gasteiger partial charge in [-0.15, -0.1) is 11.3 Å². The van der Waals surface area contributed by atoms with Crippen LogP contribution in [-0.2, 0) is 6.42 Å². The van der Waals surface area contributed by atoms with Gasteiger partial charge >= 0.3 is 12.1 Å². The summed E-state index contributed by atoms with van der Waals surface area (Å²) in [5.41, 5.74) is 0. The lowest BCUT2D eigenvalue weighted by Crippen LogP contribution is -2.26. The lowest BCUT2D eigenvalue weighted by molar-refractivity contribution is -0.185. The Balaban J connectivity index is 1.85. The molecule has 7 heteroatoms. The number of carbonyl (C=O) groups is 1. The first-order valence-corrected chi connectivity index (χ1v) is 7.66. The Kier molecular flexibility index (Phi) is 4.93. The van der Waals surface area contributed by atoms with Crippen LogP contribution in [0, 0.1) is 11.8 Å². The lowest BCUT2D eigenvalue weighted by Gasteiger charge is -2.21. The molecule has 0 spiro atoms. The van der Waals surface area contributed by atoms with E-state index in [-0.39, 0.29) is 17.7 Å². The monoisotopic (exact) mass is 322 g/mol. The van der Waals surface area contributed by atoms with Gasteiger partial charge in [0.2, 0.25) is 0 Å². The molecule has 0 aromatic carbocycles. The third-order valence-corrected chi connectivity index (χ3v) is 5.09. The summed E-state index contributed by atoms with van der Waals surface area (Å²) in [5.74, 6) is -2.92. The van der Waals surface area contributed by atoms with Crippen LogP contribution in [0.15, 0.2) is 12.1 Å². The van der Waals surface area contributed by atoms with E-state index in [1.165, 1.54) is 6.07 Å². The summed E-state index contributed by atoms with van der Waals surface area (Å²) in [7, 11) is 0. The van der Waals surface area contributed by atoms with Gasteiger partial charge in [0.1, 0.15) is 4.88 Å². The van der Waals surface area contributed by atoms with Crippen molar-refractivity contribution >= 4 is 17.3 Å². The Morgan fingerprint density at radius 1 is 1.33 bits per heavy atom. The molecule has 2 unspecified atom stereocenters. The van der Waals surface area contributed by atoms with Crippen molar-refractivity contribution in [1.82, 2.24) is 0 Å². The Hall–Kier alpha value is -1.08. The summed E-state index contributed by atoms with van der Waals surface area (Å²) in [6.45, 7) is 0. The van der Waals surface area contributed by atoms with Gasteiger partial charge in [-0.2, -0.15) is 13.2 Å². The van der Waals surface area contributed by atoms with Gasteiger partial charge in [0.25, 0.3) is 0 Å². The molecule has 21 heavy (non-hydrogen) atoms. The Labute approximate surface area is 124 Å². The van der Waals surface area contributed by atoms with Crippen LogP contribution in [0.1, 0.15) is 40.2 Å². The van der Waals surface area contributed by atoms with Crippen molar-refractivity contribution in [2.24, 2.45) is 11.8 Å². The number of aliphatic hydroxyl groups is 1. The van der Waals surface area contributed by atoms with Crippen molar-refractivity contribution in [1.29, 1.82) is 0 Å². The minimum Gasteiger partial charge on any atom is -0.477 e. The molecule has 0 amide bonds. The summed E-state index contributed by atoms with van der Waals surface area (Å²) in [6.07, 6.45) is -3.55. The number of halogens is 3. The van der Waals surface area contributed by atoms with Crippen LogP contribution >= 0.6 is 11.3 Å². The summed E-state index contributed by atoms with van der Waals surface area (Å²) in [6, 6.07) is 3.22. The molecular weight excluding hydrogens is 305 g/mol. The molecule has 3 nitrogen and oxygen atoms in total. The zero-order valence-corrected chi connectivity index (χ0v) is 12.1. The van der Waals surface area contributed by atoms with Crippen molar-refractivity contribution in [2.75, 3.05) is 0 Å². The predicted octanol–water partition coefficient (Wildman–Crippen LogP) is 3.72. The van der Waals surface area contributed by atoms with E-state index < -0.39 is 30.1 Å². The fourth-order valence-electron chi connectivity index (χ4n) is 2.98. The smallest absolute Gasteiger partial charge is 0.392 e. The first-order valence-electron chi connectivity index (χ1n) is 6.84. The summed E-state index contributed by atoms with van der Waals surface area (Å²) < 4.78 is 38.6. The highest BCUT2D eigenvalue weighted by Gasteiger charge is 2.49. The topological polar surface area (TPSA) is 57.5 Å². The zero-order valence-electron chi connectivity index (χ0n) is 11.3. The first kappa shape index (κ1) is 16.3. The van der Waals surface area contributed by atoms with E-state index in [1.54, 1.807) is 6.07 Å². The highest BCUT2D eigenvalue weighted by Crippen LogP contribution is 2.45. The highest BCUT2D eigenvalue weighted by atomic mass is 32.1. The van der Waals surface area contributed by atoms with E-state index in [0.717, 1.165) is 16.2 Å². The molecule has 0 bridgehead atoms. The molecule has 2 N–H and O–H groups in total. The standard InChI is InChI=1S/C14H17F3O3S/c15-14(16,17)11-7-9(18)6-8(11)2-1-3-10-4-5-12(21-10)13(19)20/h4-5,8-9,11,18H,1-3,6-7H2,(H,19,20)/t8?,9?,11-/m1/s1. The minimum absolute atomic E-state index is 0.198. The fraction of sp³-hybridized carbons (Fsp3) is 0.643. The molecule has 118 valence electrons. The number of aromatic carboxylic acids is 1. The van der Waals surface area contributed by atoms with E-state index in [4.69, 9.17) is 5.11 Å². The number of thiophene rings is 1. The van der Waals surface area contributed by atoms with Gasteiger partial charge < -0.3 is 10.2 Å². The van der Waals surface area contributed by atoms with Crippen molar-refractivity contribution in [2.45, 2.75) is 44.4 Å². The van der Waals surface area contributed by atoms with Gasteiger partial charge in [-0.05, 0) is 50.2 Å². The van der Waals surface area contributed by atoms with E-state index in [0.29, 0.717) is 19.3 Å². The van der Waals surface area contributed by atoms with Crippen molar-refractivity contribution < 1.29 is 28.2 Å². The number of aryl methyl sites for hydroxylation is 1. The lowest BCUT2D eigenvalue weighted by atomic mass is 9.90. The molecule has 0 radical (unpaired) electrons. The molecule has 0 aliphatic heterocycles. The number of hydrogen-bond donors (Lipinski definition) is 2. The maximum atomic E-state index is 12.9. The molecule has 1 aromatic heterocycles. The zero-order chi connectivity index (χ0) is 15.6. The number of carboxylic acids is 1. The van der Waals surface area contributed by atoms with Gasteiger partial charge in [0.05, 0.1) is 12.0 Å². The third-order valence-electron chi connectivity index (χ3n) is 3.96. The van der Waals surface area contributed by atoms with Crippen LogP contribution in [0.25, 0.3) is 0 Å². The van der Waals surface area contributed by atoms with E-state index in [2.05, 4.69) is 0 Å². The second-order valence-electron chi connectivity index (χ2n) is 5.50. The summed E-state index contributed by atoms with van der Waals surface area (Å²) in [5, 5.41) is 18.3. The third kappa shape index (κ3) is 4.20. The van der Waals surface area contributed by atoms with Gasteiger partial charge in [-0.3, -0.25) is 0 Å². The molecule has 1 aromatic rings. The second-order valence-corrected chi connectivity index (χ2v) is 6.67. The Morgan fingerprint density at radius 3 is 2.62 bits per heavy atom. The number of rotatable bonds is 5. The molecule has 1 aliphatic rings. The second kappa shape index (κ2) is 6.36. The molecule has 3 atom stereocenters. The molecule has 0 saturated heterocycles. The summed E-state index contributed by atoms with van der Waals surface area (Å²) >= 11 is 1.16. The van der Waals surface area contributed by atoms with Gasteiger partial charge in [-0.1, -0.05) is 0 Å². The van der Waals surface area contributed by atoms with Crippen molar-refractivity contribution in [3.05, 3.63) is 21.9 Å². The number of alkyl halides is 3. The molecule has 1 aliphatic carbocycles. The first-order chi connectivity index (χ1) is 9.77. The molecular formula is C14H17F3O3S. The number of aliphatic hydroxyl groups excluding tert-OH is 1. The van der Waals surface area contributed by atoms with E-state index in [9.17, 15) is 23.1 Å². The quantitative estimate of drug-likeness (QED) is 0.868. The average molecular weight is 322 g/mol. The van der Waals surface area contributed by atoms with Gasteiger partial charge in [-0.25, -0.2) is 4.79 Å². The van der Waals surface area contributed by atoms with Gasteiger partial charge in [0.15, 0.2) is 0 Å². The van der Waals surface area contributed by atoms with Crippen LogP contribution in [0.4, 0.5) is 13.2 Å². The minimum atomic E-state index is -4.25. The Morgan fingerprint density at radius 2 is 2.05 bits per heavy atom. The van der Waals surface area contributed by atoms with Crippen LogP contribution in [0.2, 0.25) is 0 Å². The van der Waals surface area contributed by atoms with E-state index >= 15 is 0 Å². The van der Waals surface area contributed by atoms with E-state index in [1.807, 2.05) is 0 Å². The Bertz CT molecular complexity index is 498. The maximum Gasteiger partial charge on any atom is 0.392 e. The van der Waals surface area contributed by atoms with Crippen molar-refractivity contribution in [3.8, 4) is 0 Å². The van der Waals surface area contributed by atoms with Crippen LogP contribution < -0.4 is 0 Å². The highest BCUT2D eigenvalue weighted by molar-refractivity contribution is 7.13. The number of carboxylic acid groups (broad SMARTS) is 1. The normalized spacial score (nSPS) is 26.2. The molecule has 1 heterocycles. The van der Waals surface area contributed by atoms with Crippen LogP contribution in [0.3, 0.4) is 0 Å². The molecule has 1 fully saturated rings. The van der Waals surface area contributed by atoms with Crippen molar-refractivity contribution in [3.63, 3.8) is 0 Å². The van der Waals surface area contributed by atoms with Gasteiger partial charge in [0, 0.05) is 4.88 Å². The predicted molar refractivity (Wildman–Crippen MR) is 72.5 cm³/mol. The van der Waals surface area contributed by atoms with Crippen LogP contribution in [-0.4, -0.2) is 28.5 Å². The largest absolute Gasteiger partial charge is 0.477 e. The SMILES string of the molecule is O=C(O)c1ccc(CCCC2CC(O)C[C@H]2C(F)(F)F)s1. The number of hydrogen-bond acceptors (Lipinski definition) is 3. The fourth-order valence-corrected chi connectivity index (χ4v) is 3.87. The molecule has 1 saturated carbocycles. The summed E-state index contributed by atoms with van der Waals surface area (Å²) in [4.78, 5) is 11.9. The maximum absolute atomic E-state index is 12.9. The average Bonchev–Trinajstić information content (AvgIpc) is 2.95.